The number of aromatic amines is 2. The maximum Gasteiger partial charge on any atom is 0.326 e. The topological polar surface area (TPSA) is 238 Å². The number of carbonyl (C=O) groups is 5. The van der Waals surface area contributed by atoms with Crippen LogP contribution in [0.4, 0.5) is 0 Å². The number of nitrogens with two attached hydrogens (primary N) is 2. The van der Waals surface area contributed by atoms with Crippen molar-refractivity contribution in [1.82, 2.24) is 30.9 Å². The fourth-order valence-corrected chi connectivity index (χ4v) is 4.79. The third-order valence-corrected chi connectivity index (χ3v) is 7.25. The van der Waals surface area contributed by atoms with Gasteiger partial charge >= 0.3 is 5.97 Å². The molecular formula is C27H36N8O6S. The standard InChI is InChI=1S/C27H36N8O6S/c1-42-9-8-18(28)24(37)33-20(6-7-23(29)36)25(38)34-21(11-16-13-30-14-32-16)26(39)35-22(27(40)41)10-15-12-31-19-5-3-2-4-17(15)19/h2-5,12-14,18,20-22,31H,6-11,28H2,1H3,(H2,29,36)(H,30,32)(H,33,37)(H,34,38)(H,35,39)(H,40,41). The number of amides is 4. The van der Waals surface area contributed by atoms with Gasteiger partial charge in [-0.15, -0.1) is 0 Å². The van der Waals surface area contributed by atoms with E-state index in [1.165, 1.54) is 24.3 Å². The van der Waals surface area contributed by atoms with Crippen LogP contribution in [0.15, 0.2) is 43.0 Å². The number of carboxylic acids is 1. The van der Waals surface area contributed by atoms with Crippen LogP contribution in [-0.2, 0) is 36.8 Å². The molecule has 0 saturated heterocycles. The third-order valence-electron chi connectivity index (χ3n) is 6.61. The molecule has 15 heteroatoms. The van der Waals surface area contributed by atoms with Gasteiger partial charge in [0.2, 0.25) is 23.6 Å². The van der Waals surface area contributed by atoms with Crippen molar-refractivity contribution in [3.63, 3.8) is 0 Å². The summed E-state index contributed by atoms with van der Waals surface area (Å²) in [5.41, 5.74) is 13.2. The highest BCUT2D eigenvalue weighted by Crippen LogP contribution is 2.19. The van der Waals surface area contributed by atoms with Crippen LogP contribution >= 0.6 is 11.8 Å². The van der Waals surface area contributed by atoms with Crippen molar-refractivity contribution < 1.29 is 29.1 Å². The van der Waals surface area contributed by atoms with Crippen LogP contribution in [0.2, 0.25) is 0 Å². The fourth-order valence-electron chi connectivity index (χ4n) is 4.30. The van der Waals surface area contributed by atoms with Crippen molar-refractivity contribution in [2.45, 2.75) is 56.3 Å². The zero-order valence-electron chi connectivity index (χ0n) is 23.1. The molecule has 0 saturated carbocycles. The molecule has 42 heavy (non-hydrogen) atoms. The summed E-state index contributed by atoms with van der Waals surface area (Å²) in [5, 5.41) is 18.4. The Balaban J connectivity index is 1.78. The number of fused-ring (bicyclic) bond motifs is 1. The number of hydrogen-bond acceptors (Lipinski definition) is 8. The first-order valence-electron chi connectivity index (χ1n) is 13.3. The molecule has 0 radical (unpaired) electrons. The lowest BCUT2D eigenvalue weighted by Crippen LogP contribution is -2.58. The van der Waals surface area contributed by atoms with E-state index in [1.54, 1.807) is 6.20 Å². The number of rotatable bonds is 17. The molecule has 2 heterocycles. The van der Waals surface area contributed by atoms with Crippen LogP contribution in [0.3, 0.4) is 0 Å². The summed E-state index contributed by atoms with van der Waals surface area (Å²) in [6.45, 7) is 0. The minimum Gasteiger partial charge on any atom is -0.480 e. The quantitative estimate of drug-likeness (QED) is 0.100. The smallest absolute Gasteiger partial charge is 0.326 e. The maximum atomic E-state index is 13.4. The van der Waals surface area contributed by atoms with Gasteiger partial charge in [-0.1, -0.05) is 18.2 Å². The number of hydrogen-bond donors (Lipinski definition) is 8. The number of para-hydroxylation sites is 1. The van der Waals surface area contributed by atoms with Gasteiger partial charge in [0.05, 0.1) is 12.4 Å². The number of aliphatic carboxylic acids is 1. The first-order valence-corrected chi connectivity index (χ1v) is 14.7. The number of carboxylic acid groups (broad SMARTS) is 1. The monoisotopic (exact) mass is 600 g/mol. The maximum absolute atomic E-state index is 13.4. The summed E-state index contributed by atoms with van der Waals surface area (Å²) in [7, 11) is 0. The Morgan fingerprint density at radius 1 is 0.952 bits per heavy atom. The Labute approximate surface area is 246 Å². The molecule has 4 atom stereocenters. The van der Waals surface area contributed by atoms with Gasteiger partial charge in [0, 0.05) is 48.3 Å². The molecule has 226 valence electrons. The highest BCUT2D eigenvalue weighted by molar-refractivity contribution is 7.98. The number of nitrogens with one attached hydrogen (secondary N) is 5. The van der Waals surface area contributed by atoms with E-state index in [4.69, 9.17) is 11.5 Å². The van der Waals surface area contributed by atoms with Crippen molar-refractivity contribution in [2.24, 2.45) is 11.5 Å². The lowest BCUT2D eigenvalue weighted by molar-refractivity contribution is -0.142. The molecule has 1 aromatic carbocycles. The van der Waals surface area contributed by atoms with Crippen molar-refractivity contribution in [3.05, 3.63) is 54.2 Å². The Hall–Kier alpha value is -4.37. The molecule has 0 bridgehead atoms. The first-order chi connectivity index (χ1) is 20.1. The summed E-state index contributed by atoms with van der Waals surface area (Å²) in [4.78, 5) is 72.9. The van der Waals surface area contributed by atoms with Crippen molar-refractivity contribution in [3.8, 4) is 0 Å². The van der Waals surface area contributed by atoms with E-state index < -0.39 is 53.8 Å². The van der Waals surface area contributed by atoms with Gasteiger partial charge in [0.15, 0.2) is 0 Å². The SMILES string of the molecule is CSCCC(N)C(=O)NC(CCC(N)=O)C(=O)NC(Cc1cnc[nH]1)C(=O)NC(Cc1c[nH]c2ccccc12)C(=O)O. The number of benzene rings is 1. The van der Waals surface area contributed by atoms with Gasteiger partial charge in [0.25, 0.3) is 0 Å². The van der Waals surface area contributed by atoms with Gasteiger partial charge < -0.3 is 42.5 Å². The Morgan fingerprint density at radius 2 is 1.64 bits per heavy atom. The summed E-state index contributed by atoms with van der Waals surface area (Å²) in [6, 6.07) is 2.71. The predicted molar refractivity (Wildman–Crippen MR) is 157 cm³/mol. The predicted octanol–water partition coefficient (Wildman–Crippen LogP) is -0.439. The molecule has 0 fully saturated rings. The zero-order chi connectivity index (χ0) is 30.6. The molecule has 14 nitrogen and oxygen atoms in total. The van der Waals surface area contributed by atoms with E-state index in [-0.39, 0.29) is 25.7 Å². The van der Waals surface area contributed by atoms with Gasteiger partial charge in [-0.2, -0.15) is 11.8 Å². The second kappa shape index (κ2) is 15.6. The van der Waals surface area contributed by atoms with Gasteiger partial charge in [-0.3, -0.25) is 19.2 Å². The van der Waals surface area contributed by atoms with Crippen LogP contribution < -0.4 is 27.4 Å². The molecule has 0 aliphatic carbocycles. The molecule has 2 aromatic heterocycles. The zero-order valence-corrected chi connectivity index (χ0v) is 23.9. The highest BCUT2D eigenvalue weighted by Gasteiger charge is 2.31. The minimum atomic E-state index is -1.31. The van der Waals surface area contributed by atoms with Crippen LogP contribution in [0, 0.1) is 0 Å². The van der Waals surface area contributed by atoms with Crippen LogP contribution in [0.5, 0.6) is 0 Å². The van der Waals surface area contributed by atoms with Crippen molar-refractivity contribution in [2.75, 3.05) is 12.0 Å². The second-order valence-electron chi connectivity index (χ2n) is 9.76. The van der Waals surface area contributed by atoms with Crippen LogP contribution in [0.25, 0.3) is 10.9 Å². The Bertz CT molecular complexity index is 1380. The molecule has 0 spiro atoms. The van der Waals surface area contributed by atoms with E-state index in [0.29, 0.717) is 23.4 Å². The summed E-state index contributed by atoms with van der Waals surface area (Å²) in [6.07, 6.45) is 6.39. The second-order valence-corrected chi connectivity index (χ2v) is 10.7. The van der Waals surface area contributed by atoms with Gasteiger partial charge in [-0.25, -0.2) is 9.78 Å². The average molecular weight is 601 g/mol. The molecule has 10 N–H and O–H groups in total. The summed E-state index contributed by atoms with van der Waals surface area (Å²) in [5.74, 6) is -3.42. The van der Waals surface area contributed by atoms with E-state index in [2.05, 4.69) is 30.9 Å². The molecule has 0 aliphatic heterocycles. The highest BCUT2D eigenvalue weighted by atomic mass is 32.2. The number of aromatic nitrogens is 3. The van der Waals surface area contributed by atoms with Gasteiger partial charge in [-0.05, 0) is 36.5 Å². The lowest BCUT2D eigenvalue weighted by Gasteiger charge is -2.25. The van der Waals surface area contributed by atoms with Crippen molar-refractivity contribution in [1.29, 1.82) is 0 Å². The number of carbonyl (C=O) groups excluding carboxylic acids is 4. The Morgan fingerprint density at radius 3 is 2.31 bits per heavy atom. The number of primary amides is 1. The molecular weight excluding hydrogens is 564 g/mol. The third kappa shape index (κ3) is 9.34. The van der Waals surface area contributed by atoms with E-state index in [0.717, 1.165) is 10.9 Å². The van der Waals surface area contributed by atoms with Crippen LogP contribution in [-0.4, -0.2) is 85.8 Å². The molecule has 0 aliphatic rings. The number of nitrogens with zero attached hydrogens (tertiary/aromatic N) is 1. The number of thioether (sulfide) groups is 1. The molecule has 3 rings (SSSR count). The lowest BCUT2D eigenvalue weighted by atomic mass is 10.0. The van der Waals surface area contributed by atoms with E-state index >= 15 is 0 Å². The normalized spacial score (nSPS) is 14.0. The average Bonchev–Trinajstić information content (AvgIpc) is 3.62. The first kappa shape index (κ1) is 32.1. The number of H-pyrrole nitrogens is 2. The van der Waals surface area contributed by atoms with Gasteiger partial charge in [0.1, 0.15) is 18.1 Å². The van der Waals surface area contributed by atoms with E-state index in [9.17, 15) is 29.1 Å². The fraction of sp³-hybridized carbons (Fsp3) is 0.407. The van der Waals surface area contributed by atoms with Crippen LogP contribution in [0.1, 0.15) is 30.5 Å². The number of imidazole rings is 1. The largest absolute Gasteiger partial charge is 0.480 e. The minimum absolute atomic E-state index is 0.0129. The van der Waals surface area contributed by atoms with E-state index in [1.807, 2.05) is 30.5 Å². The van der Waals surface area contributed by atoms with Crippen molar-refractivity contribution >= 4 is 52.3 Å². The molecule has 4 amide bonds. The Kier molecular flexibility index (Phi) is 11.9. The molecule has 4 unspecified atom stereocenters. The summed E-state index contributed by atoms with van der Waals surface area (Å²) < 4.78 is 0. The summed E-state index contributed by atoms with van der Waals surface area (Å²) >= 11 is 1.51. The molecule has 3 aromatic rings.